The van der Waals surface area contributed by atoms with Gasteiger partial charge in [0.2, 0.25) is 0 Å². The summed E-state index contributed by atoms with van der Waals surface area (Å²) < 4.78 is 18.5. The largest absolute Gasteiger partial charge is 0.481 e. The highest BCUT2D eigenvalue weighted by Gasteiger charge is 2.04. The van der Waals surface area contributed by atoms with Gasteiger partial charge in [0.05, 0.1) is 5.02 Å². The van der Waals surface area contributed by atoms with Gasteiger partial charge in [-0.3, -0.25) is 0 Å². The fraction of sp³-hybridized carbons (Fsp3) is 0.176. The molecule has 0 spiro atoms. The number of ether oxygens (including phenoxy) is 1. The maximum Gasteiger partial charge on any atom is 0.148 e. The Morgan fingerprint density at radius 1 is 1.19 bits per heavy atom. The topological polar surface area (TPSA) is 21.3 Å². The zero-order chi connectivity index (χ0) is 15.1. The minimum atomic E-state index is -0.409. The van der Waals surface area contributed by atoms with Crippen LogP contribution in [0.25, 0.3) is 0 Å². The predicted octanol–water partition coefficient (Wildman–Crippen LogP) is 3.78. The van der Waals surface area contributed by atoms with Crippen LogP contribution in [0.15, 0.2) is 42.5 Å². The quantitative estimate of drug-likeness (QED) is 0.820. The lowest BCUT2D eigenvalue weighted by molar-refractivity contribution is 0.365. The van der Waals surface area contributed by atoms with Gasteiger partial charge in [-0.25, -0.2) is 4.39 Å². The van der Waals surface area contributed by atoms with Crippen molar-refractivity contribution in [2.75, 3.05) is 6.61 Å². The van der Waals surface area contributed by atoms with Crippen LogP contribution in [0.3, 0.4) is 0 Å². The minimum Gasteiger partial charge on any atom is -0.481 e. The van der Waals surface area contributed by atoms with Crippen molar-refractivity contribution in [3.05, 3.63) is 64.4 Å². The van der Waals surface area contributed by atoms with Crippen LogP contribution in [0.5, 0.6) is 5.75 Å². The molecular weight excluding hydrogens is 289 g/mol. The molecule has 0 amide bonds. The van der Waals surface area contributed by atoms with Crippen LogP contribution in [0, 0.1) is 18.2 Å². The summed E-state index contributed by atoms with van der Waals surface area (Å²) in [5.74, 6) is 2.80. The van der Waals surface area contributed by atoms with Gasteiger partial charge in [-0.1, -0.05) is 41.8 Å². The standard InChI is InChI=1S/C17H15ClFNO/c1-2-9-21-17-6-4-3-5-14(17)12-20-11-13-7-8-16(19)15(18)10-13/h1,3-8,10,20H,9,11-12H2. The lowest BCUT2D eigenvalue weighted by Gasteiger charge is -2.11. The molecule has 0 aliphatic heterocycles. The molecule has 0 saturated heterocycles. The van der Waals surface area contributed by atoms with E-state index in [1.54, 1.807) is 12.1 Å². The van der Waals surface area contributed by atoms with E-state index in [9.17, 15) is 4.39 Å². The number of hydrogen-bond acceptors (Lipinski definition) is 2. The summed E-state index contributed by atoms with van der Waals surface area (Å²) in [7, 11) is 0. The zero-order valence-corrected chi connectivity index (χ0v) is 12.2. The zero-order valence-electron chi connectivity index (χ0n) is 11.4. The third kappa shape index (κ3) is 4.49. The van der Waals surface area contributed by atoms with Crippen LogP contribution in [0.2, 0.25) is 5.02 Å². The SMILES string of the molecule is C#CCOc1ccccc1CNCc1ccc(F)c(Cl)c1. The third-order valence-corrected chi connectivity index (χ3v) is 3.20. The van der Waals surface area contributed by atoms with E-state index >= 15 is 0 Å². The fourth-order valence-corrected chi connectivity index (χ4v) is 2.10. The molecule has 0 fully saturated rings. The van der Waals surface area contributed by atoms with Gasteiger partial charge in [0.15, 0.2) is 0 Å². The van der Waals surface area contributed by atoms with Gasteiger partial charge in [0, 0.05) is 18.7 Å². The summed E-state index contributed by atoms with van der Waals surface area (Å²) in [5, 5.41) is 3.40. The molecule has 0 aromatic heterocycles. The number of para-hydroxylation sites is 1. The van der Waals surface area contributed by atoms with Gasteiger partial charge in [0.25, 0.3) is 0 Å². The summed E-state index contributed by atoms with van der Waals surface area (Å²) in [6, 6.07) is 12.4. The Hall–Kier alpha value is -2.02. The van der Waals surface area contributed by atoms with Gasteiger partial charge in [-0.2, -0.15) is 0 Å². The predicted molar refractivity (Wildman–Crippen MR) is 82.7 cm³/mol. The van der Waals surface area contributed by atoms with E-state index < -0.39 is 5.82 Å². The van der Waals surface area contributed by atoms with Crippen LogP contribution in [-0.4, -0.2) is 6.61 Å². The van der Waals surface area contributed by atoms with Crippen LogP contribution in [0.4, 0.5) is 4.39 Å². The van der Waals surface area contributed by atoms with Crippen molar-refractivity contribution >= 4 is 11.6 Å². The van der Waals surface area contributed by atoms with E-state index in [1.165, 1.54) is 6.07 Å². The van der Waals surface area contributed by atoms with Gasteiger partial charge >= 0.3 is 0 Å². The van der Waals surface area contributed by atoms with E-state index in [1.807, 2.05) is 24.3 Å². The van der Waals surface area contributed by atoms with Crippen molar-refractivity contribution in [1.29, 1.82) is 0 Å². The van der Waals surface area contributed by atoms with Crippen LogP contribution >= 0.6 is 11.6 Å². The van der Waals surface area contributed by atoms with Crippen molar-refractivity contribution in [1.82, 2.24) is 5.32 Å². The first-order valence-electron chi connectivity index (χ1n) is 6.49. The molecule has 2 nitrogen and oxygen atoms in total. The normalized spacial score (nSPS) is 10.1. The Bertz CT molecular complexity index is 651. The molecule has 0 radical (unpaired) electrons. The Morgan fingerprint density at radius 3 is 2.76 bits per heavy atom. The minimum absolute atomic E-state index is 0.132. The fourth-order valence-electron chi connectivity index (χ4n) is 1.90. The molecule has 21 heavy (non-hydrogen) atoms. The lowest BCUT2D eigenvalue weighted by atomic mass is 10.2. The highest BCUT2D eigenvalue weighted by Crippen LogP contribution is 2.18. The molecule has 4 heteroatoms. The molecule has 0 aliphatic carbocycles. The van der Waals surface area contributed by atoms with Gasteiger partial charge in [0.1, 0.15) is 18.2 Å². The third-order valence-electron chi connectivity index (χ3n) is 2.91. The maximum atomic E-state index is 13.1. The number of benzene rings is 2. The second-order valence-corrected chi connectivity index (χ2v) is 4.86. The highest BCUT2D eigenvalue weighted by molar-refractivity contribution is 6.30. The molecule has 2 aromatic carbocycles. The number of nitrogens with one attached hydrogen (secondary N) is 1. The molecule has 0 aliphatic rings. The van der Waals surface area contributed by atoms with Gasteiger partial charge in [-0.15, -0.1) is 6.42 Å². The number of hydrogen-bond donors (Lipinski definition) is 1. The number of halogens is 2. The Balaban J connectivity index is 1.94. The van der Waals surface area contributed by atoms with Crippen molar-refractivity contribution in [2.24, 2.45) is 0 Å². The lowest BCUT2D eigenvalue weighted by Crippen LogP contribution is -2.13. The van der Waals surface area contributed by atoms with E-state index in [-0.39, 0.29) is 11.6 Å². The van der Waals surface area contributed by atoms with Crippen molar-refractivity contribution in [3.8, 4) is 18.1 Å². The molecule has 2 aromatic rings. The monoisotopic (exact) mass is 303 g/mol. The van der Waals surface area contributed by atoms with Crippen LogP contribution in [-0.2, 0) is 13.1 Å². The van der Waals surface area contributed by atoms with E-state index in [0.29, 0.717) is 13.1 Å². The Morgan fingerprint density at radius 2 is 2.00 bits per heavy atom. The summed E-state index contributed by atoms with van der Waals surface area (Å²) in [6.07, 6.45) is 5.20. The van der Waals surface area contributed by atoms with Crippen molar-refractivity contribution < 1.29 is 9.13 Å². The molecule has 0 bridgehead atoms. The summed E-state index contributed by atoms with van der Waals surface area (Å²) >= 11 is 5.75. The maximum absolute atomic E-state index is 13.1. The van der Waals surface area contributed by atoms with Crippen molar-refractivity contribution in [3.63, 3.8) is 0 Å². The molecule has 0 saturated carbocycles. The van der Waals surface area contributed by atoms with Gasteiger partial charge < -0.3 is 10.1 Å². The second kappa shape index (κ2) is 7.68. The van der Waals surface area contributed by atoms with E-state index in [2.05, 4.69) is 11.2 Å². The van der Waals surface area contributed by atoms with Crippen molar-refractivity contribution in [2.45, 2.75) is 13.1 Å². The molecule has 0 unspecified atom stereocenters. The van der Waals surface area contributed by atoms with E-state index in [4.69, 9.17) is 22.8 Å². The highest BCUT2D eigenvalue weighted by atomic mass is 35.5. The average molecular weight is 304 g/mol. The van der Waals surface area contributed by atoms with E-state index in [0.717, 1.165) is 16.9 Å². The molecule has 108 valence electrons. The molecule has 2 rings (SSSR count). The first-order valence-corrected chi connectivity index (χ1v) is 6.87. The molecule has 0 heterocycles. The van der Waals surface area contributed by atoms with Crippen LogP contribution < -0.4 is 10.1 Å². The molecule has 1 N–H and O–H groups in total. The number of rotatable bonds is 6. The van der Waals surface area contributed by atoms with Gasteiger partial charge in [-0.05, 0) is 23.8 Å². The second-order valence-electron chi connectivity index (χ2n) is 4.45. The summed E-state index contributed by atoms with van der Waals surface area (Å²) in [4.78, 5) is 0. The summed E-state index contributed by atoms with van der Waals surface area (Å²) in [6.45, 7) is 1.45. The smallest absolute Gasteiger partial charge is 0.148 e. The summed E-state index contributed by atoms with van der Waals surface area (Å²) in [5.41, 5.74) is 1.93. The number of terminal acetylenes is 1. The molecular formula is C17H15ClFNO. The Labute approximate surface area is 128 Å². The van der Waals surface area contributed by atoms with Crippen LogP contribution in [0.1, 0.15) is 11.1 Å². The average Bonchev–Trinajstić information content (AvgIpc) is 2.50. The Kier molecular flexibility index (Phi) is 5.62. The first-order chi connectivity index (χ1) is 10.2. The molecule has 0 atom stereocenters. The first kappa shape index (κ1) is 15.4.